The molecule has 1 N–H and O–H groups in total. The fourth-order valence-electron chi connectivity index (χ4n) is 5.01. The lowest BCUT2D eigenvalue weighted by molar-refractivity contribution is -0.130. The molecule has 0 radical (unpaired) electrons. The van der Waals surface area contributed by atoms with Gasteiger partial charge in [-0.3, -0.25) is 9.59 Å². The van der Waals surface area contributed by atoms with Gasteiger partial charge in [0.1, 0.15) is 0 Å². The van der Waals surface area contributed by atoms with Crippen LogP contribution < -0.4 is 14.8 Å². The van der Waals surface area contributed by atoms with Crippen LogP contribution in [0.3, 0.4) is 0 Å². The third kappa shape index (κ3) is 4.80. The average molecular weight is 484 g/mol. The Morgan fingerprint density at radius 2 is 1.74 bits per heavy atom. The molecular weight excluding hydrogens is 454 g/mol. The van der Waals surface area contributed by atoms with Gasteiger partial charge in [-0.2, -0.15) is 0 Å². The predicted octanol–water partition coefficient (Wildman–Crippen LogP) is 4.51. The van der Waals surface area contributed by atoms with E-state index in [0.29, 0.717) is 36.0 Å². The van der Waals surface area contributed by atoms with Gasteiger partial charge in [0.15, 0.2) is 11.5 Å². The summed E-state index contributed by atoms with van der Waals surface area (Å²) in [6, 6.07) is 11.2. The van der Waals surface area contributed by atoms with Crippen LogP contribution in [0.5, 0.6) is 11.5 Å². The lowest BCUT2D eigenvalue weighted by Gasteiger charge is -2.26. The Morgan fingerprint density at radius 3 is 2.56 bits per heavy atom. The molecular formula is C26H30ClN3O4. The summed E-state index contributed by atoms with van der Waals surface area (Å²) in [6.07, 6.45) is 4.75. The summed E-state index contributed by atoms with van der Waals surface area (Å²) in [5.74, 6) is 1.47. The van der Waals surface area contributed by atoms with E-state index in [0.717, 1.165) is 62.3 Å². The molecule has 0 saturated carbocycles. The molecule has 180 valence electrons. The van der Waals surface area contributed by atoms with Crippen LogP contribution in [0.2, 0.25) is 5.02 Å². The van der Waals surface area contributed by atoms with E-state index in [-0.39, 0.29) is 24.4 Å². The maximum absolute atomic E-state index is 13.2. The van der Waals surface area contributed by atoms with Crippen molar-refractivity contribution in [1.29, 1.82) is 0 Å². The Bertz CT molecular complexity index is 1070. The van der Waals surface area contributed by atoms with E-state index in [1.165, 1.54) is 0 Å². The normalized spacial score (nSPS) is 19.7. The molecule has 0 aromatic heterocycles. The van der Waals surface area contributed by atoms with Crippen molar-refractivity contribution >= 4 is 29.1 Å². The number of nitrogens with zero attached hydrogens (tertiary/aromatic N) is 2. The van der Waals surface area contributed by atoms with Gasteiger partial charge in [0.05, 0.1) is 31.4 Å². The summed E-state index contributed by atoms with van der Waals surface area (Å²) < 4.78 is 11.6. The molecule has 2 saturated heterocycles. The minimum Gasteiger partial charge on any atom is -0.490 e. The summed E-state index contributed by atoms with van der Waals surface area (Å²) in [7, 11) is 0. The minimum atomic E-state index is -0.0406. The number of carbonyl (C=O) groups excluding carboxylic acids is 2. The van der Waals surface area contributed by atoms with Crippen LogP contribution in [0.25, 0.3) is 0 Å². The molecule has 3 heterocycles. The topological polar surface area (TPSA) is 71.1 Å². The number of hydrogen-bond acceptors (Lipinski definition) is 5. The molecule has 1 atom stereocenters. The van der Waals surface area contributed by atoms with Gasteiger partial charge in [-0.1, -0.05) is 17.7 Å². The molecule has 2 amide bonds. The zero-order valence-corrected chi connectivity index (χ0v) is 20.0. The molecule has 8 heteroatoms. The molecule has 0 bridgehead atoms. The average Bonchev–Trinajstić information content (AvgIpc) is 3.51. The highest BCUT2D eigenvalue weighted by molar-refractivity contribution is 6.31. The van der Waals surface area contributed by atoms with Crippen LogP contribution in [0.4, 0.5) is 5.69 Å². The van der Waals surface area contributed by atoms with Crippen molar-refractivity contribution < 1.29 is 19.1 Å². The van der Waals surface area contributed by atoms with Crippen molar-refractivity contribution in [2.24, 2.45) is 0 Å². The number of halogens is 1. The second-order valence-electron chi connectivity index (χ2n) is 9.04. The lowest BCUT2D eigenvalue weighted by Crippen LogP contribution is -2.35. The Hall–Kier alpha value is -2.93. The van der Waals surface area contributed by atoms with Crippen molar-refractivity contribution in [1.82, 2.24) is 9.80 Å². The number of nitrogens with one attached hydrogen (secondary N) is 1. The standard InChI is InChI=1S/C26H30ClN3O4/c27-19-7-8-21(20(16-19)26(32)29-10-1-2-11-29)28-17-25(31)30-12-3-5-22(30)18-6-9-23-24(15-18)34-14-4-13-33-23/h6-9,15-16,22,28H,1-5,10-14,17H2. The lowest BCUT2D eigenvalue weighted by atomic mass is 10.0. The largest absolute Gasteiger partial charge is 0.490 e. The summed E-state index contributed by atoms with van der Waals surface area (Å²) in [4.78, 5) is 30.0. The van der Waals surface area contributed by atoms with E-state index in [4.69, 9.17) is 21.1 Å². The molecule has 0 spiro atoms. The first kappa shape index (κ1) is 22.8. The van der Waals surface area contributed by atoms with Crippen LogP contribution >= 0.6 is 11.6 Å². The first-order valence-electron chi connectivity index (χ1n) is 12.1. The van der Waals surface area contributed by atoms with Gasteiger partial charge in [-0.25, -0.2) is 0 Å². The van der Waals surface area contributed by atoms with Crippen LogP contribution in [-0.4, -0.2) is 61.0 Å². The maximum Gasteiger partial charge on any atom is 0.256 e. The number of rotatable bonds is 5. The Kier molecular flexibility index (Phi) is 6.81. The van der Waals surface area contributed by atoms with E-state index in [2.05, 4.69) is 5.32 Å². The van der Waals surface area contributed by atoms with Gasteiger partial charge in [-0.05, 0) is 61.6 Å². The smallest absolute Gasteiger partial charge is 0.256 e. The highest BCUT2D eigenvalue weighted by Gasteiger charge is 2.31. The number of hydrogen-bond donors (Lipinski definition) is 1. The van der Waals surface area contributed by atoms with E-state index in [9.17, 15) is 9.59 Å². The number of fused-ring (bicyclic) bond motifs is 1. The van der Waals surface area contributed by atoms with Crippen molar-refractivity contribution in [2.75, 3.05) is 44.7 Å². The fraction of sp³-hybridized carbons (Fsp3) is 0.462. The van der Waals surface area contributed by atoms with Gasteiger partial charge in [0.25, 0.3) is 5.91 Å². The van der Waals surface area contributed by atoms with Gasteiger partial charge >= 0.3 is 0 Å². The predicted molar refractivity (Wildman–Crippen MR) is 131 cm³/mol. The first-order chi connectivity index (χ1) is 16.6. The highest BCUT2D eigenvalue weighted by Crippen LogP contribution is 2.38. The van der Waals surface area contributed by atoms with Crippen molar-refractivity contribution in [2.45, 2.75) is 38.1 Å². The van der Waals surface area contributed by atoms with Crippen molar-refractivity contribution in [3.05, 3.63) is 52.5 Å². The zero-order valence-electron chi connectivity index (χ0n) is 19.2. The van der Waals surface area contributed by atoms with Crippen molar-refractivity contribution in [3.8, 4) is 11.5 Å². The van der Waals surface area contributed by atoms with Gasteiger partial charge in [0, 0.05) is 36.8 Å². The zero-order chi connectivity index (χ0) is 23.5. The van der Waals surface area contributed by atoms with Crippen LogP contribution in [-0.2, 0) is 4.79 Å². The van der Waals surface area contributed by atoms with E-state index in [1.807, 2.05) is 28.0 Å². The van der Waals surface area contributed by atoms with E-state index >= 15 is 0 Å². The van der Waals surface area contributed by atoms with E-state index < -0.39 is 0 Å². The first-order valence-corrected chi connectivity index (χ1v) is 12.5. The Labute approximate surface area is 205 Å². The second kappa shape index (κ2) is 10.1. The summed E-state index contributed by atoms with van der Waals surface area (Å²) in [6.45, 7) is 3.62. The highest BCUT2D eigenvalue weighted by atomic mass is 35.5. The number of amides is 2. The van der Waals surface area contributed by atoms with Gasteiger partial charge in [-0.15, -0.1) is 0 Å². The molecule has 2 fully saturated rings. The SMILES string of the molecule is O=C(c1cc(Cl)ccc1NCC(=O)N1CCCC1c1ccc2c(c1)OCCCO2)N1CCCC1. The second-order valence-corrected chi connectivity index (χ2v) is 9.48. The molecule has 2 aromatic carbocycles. The minimum absolute atomic E-state index is 0.00220. The fourth-order valence-corrected chi connectivity index (χ4v) is 5.18. The molecule has 0 aliphatic carbocycles. The monoisotopic (exact) mass is 483 g/mol. The molecule has 2 aromatic rings. The Morgan fingerprint density at radius 1 is 0.941 bits per heavy atom. The molecule has 3 aliphatic heterocycles. The van der Waals surface area contributed by atoms with E-state index in [1.54, 1.807) is 18.2 Å². The number of carbonyl (C=O) groups is 2. The number of likely N-dealkylation sites (tertiary alicyclic amines) is 2. The third-order valence-corrected chi connectivity index (χ3v) is 7.00. The molecule has 34 heavy (non-hydrogen) atoms. The van der Waals surface area contributed by atoms with Crippen LogP contribution in [0.1, 0.15) is 54.1 Å². The quantitative estimate of drug-likeness (QED) is 0.677. The van der Waals surface area contributed by atoms with Gasteiger partial charge < -0.3 is 24.6 Å². The van der Waals surface area contributed by atoms with Crippen LogP contribution in [0, 0.1) is 0 Å². The molecule has 7 nitrogen and oxygen atoms in total. The Balaban J connectivity index is 1.28. The number of benzene rings is 2. The third-order valence-electron chi connectivity index (χ3n) is 6.76. The number of anilines is 1. The summed E-state index contributed by atoms with van der Waals surface area (Å²) in [5, 5.41) is 3.72. The van der Waals surface area contributed by atoms with Gasteiger partial charge in [0.2, 0.25) is 5.91 Å². The van der Waals surface area contributed by atoms with Crippen molar-refractivity contribution in [3.63, 3.8) is 0 Å². The number of ether oxygens (including phenoxy) is 2. The maximum atomic E-state index is 13.2. The molecule has 5 rings (SSSR count). The summed E-state index contributed by atoms with van der Waals surface area (Å²) >= 11 is 6.19. The molecule has 3 aliphatic rings. The van der Waals surface area contributed by atoms with Crippen LogP contribution in [0.15, 0.2) is 36.4 Å². The summed E-state index contributed by atoms with van der Waals surface area (Å²) in [5.41, 5.74) is 2.22. The molecule has 1 unspecified atom stereocenters.